The Morgan fingerprint density at radius 3 is 2.56 bits per heavy atom. The minimum absolute atomic E-state index is 0.0851. The van der Waals surface area contributed by atoms with Gasteiger partial charge in [-0.25, -0.2) is 8.42 Å². The predicted octanol–water partition coefficient (Wildman–Crippen LogP) is 1.94. The van der Waals surface area contributed by atoms with Gasteiger partial charge in [0.15, 0.2) is 11.5 Å². The van der Waals surface area contributed by atoms with Gasteiger partial charge in [0.25, 0.3) is 5.91 Å². The first-order chi connectivity index (χ1) is 17.3. The van der Waals surface area contributed by atoms with E-state index in [1.807, 2.05) is 6.07 Å². The van der Waals surface area contributed by atoms with Crippen LogP contribution in [0, 0.1) is 11.8 Å². The topological polar surface area (TPSA) is 100 Å². The lowest BCUT2D eigenvalue weighted by molar-refractivity contribution is 0.0900. The van der Waals surface area contributed by atoms with Crippen molar-refractivity contribution in [3.63, 3.8) is 0 Å². The summed E-state index contributed by atoms with van der Waals surface area (Å²) in [5.74, 6) is 1.90. The summed E-state index contributed by atoms with van der Waals surface area (Å²) in [6.45, 7) is 10.8. The third-order valence-corrected chi connectivity index (χ3v) is 9.30. The van der Waals surface area contributed by atoms with Gasteiger partial charge in [-0.3, -0.25) is 4.79 Å². The highest BCUT2D eigenvalue weighted by Gasteiger charge is 2.30. The number of piperidine rings is 1. The molecule has 0 saturated carbocycles. The Morgan fingerprint density at radius 1 is 1.11 bits per heavy atom. The van der Waals surface area contributed by atoms with E-state index in [1.165, 1.54) is 0 Å². The van der Waals surface area contributed by atoms with E-state index in [9.17, 15) is 13.2 Å². The van der Waals surface area contributed by atoms with Gasteiger partial charge in [-0.15, -0.1) is 0 Å². The monoisotopic (exact) mass is 522 g/mol. The van der Waals surface area contributed by atoms with E-state index >= 15 is 0 Å². The molecule has 2 N–H and O–H groups in total. The number of fused-ring (bicyclic) bond motifs is 1. The number of hydrogen-bond acceptors (Lipinski definition) is 7. The highest BCUT2D eigenvalue weighted by molar-refractivity contribution is 7.89. The molecule has 3 aliphatic heterocycles. The van der Waals surface area contributed by atoms with Crippen molar-refractivity contribution in [2.45, 2.75) is 45.6 Å². The van der Waals surface area contributed by atoms with Crippen molar-refractivity contribution in [3.8, 4) is 11.5 Å². The Kier molecular flexibility index (Phi) is 9.49. The van der Waals surface area contributed by atoms with Crippen molar-refractivity contribution in [2.24, 2.45) is 11.8 Å². The molecule has 0 aromatic heterocycles. The van der Waals surface area contributed by atoms with Gasteiger partial charge in [0.2, 0.25) is 10.0 Å². The molecule has 0 spiro atoms. The number of piperazine rings is 1. The van der Waals surface area contributed by atoms with Crippen LogP contribution in [0.5, 0.6) is 11.5 Å². The summed E-state index contributed by atoms with van der Waals surface area (Å²) in [5, 5.41) is 6.60. The van der Waals surface area contributed by atoms with Gasteiger partial charge in [0, 0.05) is 38.8 Å². The molecule has 4 rings (SSSR count). The van der Waals surface area contributed by atoms with Gasteiger partial charge in [-0.05, 0) is 62.7 Å². The molecule has 0 aliphatic carbocycles. The highest BCUT2D eigenvalue weighted by Crippen LogP contribution is 2.34. The van der Waals surface area contributed by atoms with Crippen molar-refractivity contribution < 1.29 is 22.7 Å². The number of carbonyl (C=O) groups is 1. The molecule has 202 valence electrons. The Morgan fingerprint density at radius 2 is 1.83 bits per heavy atom. The minimum Gasteiger partial charge on any atom is -0.486 e. The van der Waals surface area contributed by atoms with Crippen LogP contribution >= 0.6 is 0 Å². The van der Waals surface area contributed by atoms with E-state index in [-0.39, 0.29) is 17.7 Å². The van der Waals surface area contributed by atoms with E-state index in [4.69, 9.17) is 9.47 Å². The van der Waals surface area contributed by atoms with Crippen molar-refractivity contribution in [2.75, 3.05) is 64.8 Å². The van der Waals surface area contributed by atoms with E-state index < -0.39 is 10.0 Å². The number of benzene rings is 1. The van der Waals surface area contributed by atoms with Crippen molar-refractivity contribution in [1.82, 2.24) is 19.8 Å². The number of nitrogens with one attached hydrogen (secondary N) is 2. The predicted molar refractivity (Wildman–Crippen MR) is 140 cm³/mol. The van der Waals surface area contributed by atoms with Gasteiger partial charge >= 0.3 is 0 Å². The molecule has 2 saturated heterocycles. The molecule has 3 heterocycles. The second kappa shape index (κ2) is 12.6. The zero-order valence-corrected chi connectivity index (χ0v) is 22.5. The van der Waals surface area contributed by atoms with Gasteiger partial charge in [0.1, 0.15) is 13.2 Å². The van der Waals surface area contributed by atoms with Crippen LogP contribution in [0.25, 0.3) is 0 Å². The smallest absolute Gasteiger partial charge is 0.255 e. The first kappa shape index (κ1) is 27.2. The molecule has 1 atom stereocenters. The first-order valence-corrected chi connectivity index (χ1v) is 15.0. The second-order valence-electron chi connectivity index (χ2n) is 10.5. The lowest BCUT2D eigenvalue weighted by Gasteiger charge is -2.35. The number of sulfonamides is 1. The SMILES string of the molecule is CC(C)CN1CCN(S(=O)(=O)CCCC(NC(=O)c2cccc3c2OCCO3)C2CCNCC2)CC1. The largest absolute Gasteiger partial charge is 0.486 e. The van der Waals surface area contributed by atoms with Gasteiger partial charge in [0.05, 0.1) is 11.3 Å². The van der Waals surface area contributed by atoms with Crippen LogP contribution < -0.4 is 20.1 Å². The zero-order valence-electron chi connectivity index (χ0n) is 21.7. The molecular formula is C26H42N4O5S. The van der Waals surface area contributed by atoms with Gasteiger partial charge in [-0.2, -0.15) is 4.31 Å². The quantitative estimate of drug-likeness (QED) is 0.484. The molecule has 1 unspecified atom stereocenters. The van der Waals surface area contributed by atoms with Crippen LogP contribution in [0.3, 0.4) is 0 Å². The van der Waals surface area contributed by atoms with Crippen LogP contribution in [-0.2, 0) is 10.0 Å². The van der Waals surface area contributed by atoms with E-state index in [2.05, 4.69) is 29.4 Å². The van der Waals surface area contributed by atoms with Crippen LogP contribution in [0.1, 0.15) is 49.9 Å². The van der Waals surface area contributed by atoms with Crippen LogP contribution in [0.4, 0.5) is 0 Å². The summed E-state index contributed by atoms with van der Waals surface area (Å²) in [6.07, 6.45) is 3.08. The van der Waals surface area contributed by atoms with Gasteiger partial charge in [-0.1, -0.05) is 19.9 Å². The van der Waals surface area contributed by atoms with Crippen molar-refractivity contribution in [1.29, 1.82) is 0 Å². The summed E-state index contributed by atoms with van der Waals surface area (Å²) >= 11 is 0. The number of para-hydroxylation sites is 1. The van der Waals surface area contributed by atoms with E-state index in [1.54, 1.807) is 16.4 Å². The zero-order chi connectivity index (χ0) is 25.5. The Balaban J connectivity index is 1.35. The lowest BCUT2D eigenvalue weighted by Crippen LogP contribution is -2.50. The number of rotatable bonds is 10. The average Bonchev–Trinajstić information content (AvgIpc) is 2.88. The average molecular weight is 523 g/mol. The fourth-order valence-corrected chi connectivity index (χ4v) is 7.00. The normalized spacial score (nSPS) is 20.9. The van der Waals surface area contributed by atoms with Crippen LogP contribution in [0.15, 0.2) is 18.2 Å². The summed E-state index contributed by atoms with van der Waals surface area (Å²) < 4.78 is 39.1. The van der Waals surface area contributed by atoms with Crippen molar-refractivity contribution in [3.05, 3.63) is 23.8 Å². The fraction of sp³-hybridized carbons (Fsp3) is 0.731. The summed E-state index contributed by atoms with van der Waals surface area (Å²) in [5.41, 5.74) is 0.470. The first-order valence-electron chi connectivity index (χ1n) is 13.4. The Labute approximate surface area is 215 Å². The molecule has 1 aromatic carbocycles. The van der Waals surface area contributed by atoms with Crippen LogP contribution in [-0.4, -0.2) is 94.4 Å². The molecule has 9 nitrogen and oxygen atoms in total. The molecule has 2 fully saturated rings. The molecule has 36 heavy (non-hydrogen) atoms. The molecule has 10 heteroatoms. The Bertz CT molecular complexity index is 973. The van der Waals surface area contributed by atoms with Gasteiger partial charge < -0.3 is 25.0 Å². The second-order valence-corrected chi connectivity index (χ2v) is 12.6. The third-order valence-electron chi connectivity index (χ3n) is 7.35. The fourth-order valence-electron chi connectivity index (χ4n) is 5.49. The Hall–Kier alpha value is -1.88. The molecule has 3 aliphatic rings. The minimum atomic E-state index is -3.31. The summed E-state index contributed by atoms with van der Waals surface area (Å²) in [6, 6.07) is 5.28. The van der Waals surface area contributed by atoms with Crippen LogP contribution in [0.2, 0.25) is 0 Å². The summed E-state index contributed by atoms with van der Waals surface area (Å²) in [4.78, 5) is 15.6. The van der Waals surface area contributed by atoms with E-state index in [0.29, 0.717) is 68.0 Å². The standard InChI is InChI=1S/C26H42N4O5S/c1-20(2)19-29-12-14-30(15-13-29)36(32,33)18-4-6-23(21-8-10-27-11-9-21)28-26(31)22-5-3-7-24-25(22)35-17-16-34-24/h3,5,7,20-21,23,27H,4,6,8-19H2,1-2H3,(H,28,31). The van der Waals surface area contributed by atoms with Crippen molar-refractivity contribution >= 4 is 15.9 Å². The molecule has 0 bridgehead atoms. The highest BCUT2D eigenvalue weighted by atomic mass is 32.2. The molecule has 1 aromatic rings. The number of nitrogens with zero attached hydrogens (tertiary/aromatic N) is 2. The summed E-state index contributed by atoms with van der Waals surface area (Å²) in [7, 11) is -3.31. The lowest BCUT2D eigenvalue weighted by atomic mass is 9.87. The number of carbonyl (C=O) groups excluding carboxylic acids is 1. The molecular weight excluding hydrogens is 480 g/mol. The maximum absolute atomic E-state index is 13.3. The van der Waals surface area contributed by atoms with E-state index in [0.717, 1.165) is 45.6 Å². The molecule has 1 amide bonds. The molecule has 0 radical (unpaired) electrons. The third kappa shape index (κ3) is 7.12. The number of amides is 1. The maximum atomic E-state index is 13.3. The number of hydrogen-bond donors (Lipinski definition) is 2. The maximum Gasteiger partial charge on any atom is 0.255 e. The number of ether oxygens (including phenoxy) is 2.